The highest BCUT2D eigenvalue weighted by Gasteiger charge is 2.42. The topological polar surface area (TPSA) is 53.5 Å². The van der Waals surface area contributed by atoms with Gasteiger partial charge in [0, 0.05) is 3.57 Å². The molecule has 1 aromatic carbocycles. The molecule has 94 valence electrons. The van der Waals surface area contributed by atoms with Crippen molar-refractivity contribution >= 4 is 34.5 Å². The van der Waals surface area contributed by atoms with Gasteiger partial charge in [0.15, 0.2) is 5.96 Å². The molecule has 1 atom stereocenters. The molecular weight excluding hydrogens is 341 g/mol. The second kappa shape index (κ2) is 4.22. The smallest absolute Gasteiger partial charge is 0.256 e. The van der Waals surface area contributed by atoms with Crippen molar-refractivity contribution in [2.75, 3.05) is 0 Å². The fraction of sp³-hybridized carbons (Fsp3) is 0.385. The van der Waals surface area contributed by atoms with Crippen LogP contribution in [0.15, 0.2) is 29.3 Å². The molecule has 1 saturated heterocycles. The summed E-state index contributed by atoms with van der Waals surface area (Å²) in [6, 6.07) is 8.37. The lowest BCUT2D eigenvalue weighted by molar-refractivity contribution is -0.123. The van der Waals surface area contributed by atoms with Crippen molar-refractivity contribution in [3.63, 3.8) is 0 Å². The largest absolute Gasteiger partial charge is 0.338 e. The number of carbonyl (C=O) groups is 1. The normalized spacial score (nSPS) is 29.2. The quantitative estimate of drug-likeness (QED) is 0.795. The molecule has 0 spiro atoms. The number of hydrogen-bond acceptors (Lipinski definition) is 2. The highest BCUT2D eigenvalue weighted by molar-refractivity contribution is 14.1. The second-order valence-corrected chi connectivity index (χ2v) is 6.17. The van der Waals surface area contributed by atoms with Gasteiger partial charge >= 0.3 is 0 Å². The van der Waals surface area contributed by atoms with Crippen LogP contribution < -0.4 is 10.6 Å². The van der Waals surface area contributed by atoms with Crippen LogP contribution in [0, 0.1) is 3.57 Å². The molecule has 5 heteroatoms. The van der Waals surface area contributed by atoms with Gasteiger partial charge in [-0.2, -0.15) is 0 Å². The molecule has 1 aliphatic heterocycles. The Morgan fingerprint density at radius 1 is 1.33 bits per heavy atom. The van der Waals surface area contributed by atoms with E-state index in [0.717, 1.165) is 22.0 Å². The summed E-state index contributed by atoms with van der Waals surface area (Å²) in [6.07, 6.45) is 2.25. The average Bonchev–Trinajstić information content (AvgIpc) is 3.08. The zero-order valence-electron chi connectivity index (χ0n) is 10.0. The molecule has 2 N–H and O–H groups in total. The van der Waals surface area contributed by atoms with Crippen LogP contribution in [-0.4, -0.2) is 17.9 Å². The molecule has 1 aliphatic carbocycles. The molecule has 4 nitrogen and oxygen atoms in total. The van der Waals surface area contributed by atoms with Crippen molar-refractivity contribution in [3.05, 3.63) is 33.4 Å². The van der Waals surface area contributed by atoms with E-state index >= 15 is 0 Å². The van der Waals surface area contributed by atoms with Gasteiger partial charge < -0.3 is 5.32 Å². The van der Waals surface area contributed by atoms with Crippen molar-refractivity contribution in [3.8, 4) is 0 Å². The Morgan fingerprint density at radius 3 is 2.61 bits per heavy atom. The van der Waals surface area contributed by atoms with E-state index in [1.165, 1.54) is 0 Å². The van der Waals surface area contributed by atoms with Gasteiger partial charge in [-0.3, -0.25) is 10.1 Å². The molecular formula is C13H14IN3O. The Bertz CT molecular complexity index is 522. The van der Waals surface area contributed by atoms with Gasteiger partial charge in [-0.1, -0.05) is 12.1 Å². The fourth-order valence-electron chi connectivity index (χ4n) is 1.99. The maximum atomic E-state index is 12.1. The first kappa shape index (κ1) is 12.0. The molecule has 1 heterocycles. The summed E-state index contributed by atoms with van der Waals surface area (Å²) in [4.78, 5) is 16.6. The summed E-state index contributed by atoms with van der Waals surface area (Å²) >= 11 is 2.25. The predicted molar refractivity (Wildman–Crippen MR) is 78.2 cm³/mol. The van der Waals surface area contributed by atoms with E-state index in [4.69, 9.17) is 0 Å². The zero-order valence-corrected chi connectivity index (χ0v) is 12.2. The fourth-order valence-corrected chi connectivity index (χ4v) is 2.35. The summed E-state index contributed by atoms with van der Waals surface area (Å²) in [5, 5.41) is 6.04. The first-order valence-corrected chi connectivity index (χ1v) is 7.09. The summed E-state index contributed by atoms with van der Waals surface area (Å²) in [5.74, 6) is 0.576. The Kier molecular flexibility index (Phi) is 2.80. The molecule has 2 fully saturated rings. The summed E-state index contributed by atoms with van der Waals surface area (Å²) in [6.45, 7) is 1.89. The lowest BCUT2D eigenvalue weighted by Crippen LogP contribution is -2.40. The first-order chi connectivity index (χ1) is 8.58. The number of amides is 1. The highest BCUT2D eigenvalue weighted by Crippen LogP contribution is 2.27. The second-order valence-electron chi connectivity index (χ2n) is 4.92. The molecule has 1 saturated carbocycles. The van der Waals surface area contributed by atoms with Gasteiger partial charge in [-0.25, -0.2) is 4.99 Å². The number of benzene rings is 1. The predicted octanol–water partition coefficient (Wildman–Crippen LogP) is 1.74. The maximum absolute atomic E-state index is 12.1. The van der Waals surface area contributed by atoms with Gasteiger partial charge in [0.2, 0.25) is 0 Å². The van der Waals surface area contributed by atoms with Crippen LogP contribution in [-0.2, 0) is 10.3 Å². The third-order valence-electron chi connectivity index (χ3n) is 3.33. The van der Waals surface area contributed by atoms with Crippen molar-refractivity contribution in [2.45, 2.75) is 31.3 Å². The van der Waals surface area contributed by atoms with Gasteiger partial charge in [-0.15, -0.1) is 0 Å². The van der Waals surface area contributed by atoms with E-state index in [1.807, 2.05) is 31.2 Å². The van der Waals surface area contributed by atoms with E-state index in [9.17, 15) is 4.79 Å². The van der Waals surface area contributed by atoms with E-state index in [1.54, 1.807) is 0 Å². The summed E-state index contributed by atoms with van der Waals surface area (Å²) in [5.41, 5.74) is 0.249. The van der Waals surface area contributed by atoms with E-state index in [-0.39, 0.29) is 5.91 Å². The van der Waals surface area contributed by atoms with Crippen LogP contribution in [0.5, 0.6) is 0 Å². The van der Waals surface area contributed by atoms with E-state index in [0.29, 0.717) is 12.0 Å². The summed E-state index contributed by atoms with van der Waals surface area (Å²) < 4.78 is 1.16. The molecule has 0 bridgehead atoms. The minimum atomic E-state index is -0.710. The number of carbonyl (C=O) groups excluding carboxylic acids is 1. The van der Waals surface area contributed by atoms with Crippen LogP contribution in [0.1, 0.15) is 25.3 Å². The lowest BCUT2D eigenvalue weighted by atomic mass is 9.92. The third-order valence-corrected chi connectivity index (χ3v) is 4.05. The van der Waals surface area contributed by atoms with Gasteiger partial charge in [0.25, 0.3) is 5.91 Å². The third kappa shape index (κ3) is 2.11. The Balaban J connectivity index is 1.89. The number of rotatable bonds is 2. The number of nitrogens with one attached hydrogen (secondary N) is 2. The monoisotopic (exact) mass is 355 g/mol. The number of guanidine groups is 1. The molecule has 0 aromatic heterocycles. The van der Waals surface area contributed by atoms with Crippen LogP contribution in [0.25, 0.3) is 0 Å². The SMILES string of the molecule is CC1(c2ccc(I)cc2)NC(=NC2CC2)NC1=O. The molecule has 1 aromatic rings. The molecule has 1 amide bonds. The van der Waals surface area contributed by atoms with Gasteiger partial charge in [0.1, 0.15) is 5.54 Å². The van der Waals surface area contributed by atoms with E-state index < -0.39 is 5.54 Å². The van der Waals surface area contributed by atoms with Crippen LogP contribution in [0.2, 0.25) is 0 Å². The highest BCUT2D eigenvalue weighted by atomic mass is 127. The average molecular weight is 355 g/mol. The number of nitrogens with zero attached hydrogens (tertiary/aromatic N) is 1. The Hall–Kier alpha value is -1.11. The van der Waals surface area contributed by atoms with Crippen molar-refractivity contribution in [1.29, 1.82) is 0 Å². The molecule has 18 heavy (non-hydrogen) atoms. The zero-order chi connectivity index (χ0) is 12.8. The van der Waals surface area contributed by atoms with Crippen LogP contribution in [0.4, 0.5) is 0 Å². The van der Waals surface area contributed by atoms with Gasteiger partial charge in [-0.05, 0) is 60.1 Å². The number of halogens is 1. The molecule has 2 aliphatic rings. The minimum absolute atomic E-state index is 0.0388. The maximum Gasteiger partial charge on any atom is 0.256 e. The number of aliphatic imine (C=N–C) groups is 1. The summed E-state index contributed by atoms with van der Waals surface area (Å²) in [7, 11) is 0. The van der Waals surface area contributed by atoms with Crippen molar-refractivity contribution in [1.82, 2.24) is 10.6 Å². The molecule has 1 unspecified atom stereocenters. The van der Waals surface area contributed by atoms with Crippen LogP contribution in [0.3, 0.4) is 0 Å². The van der Waals surface area contributed by atoms with E-state index in [2.05, 4.69) is 38.2 Å². The molecule has 0 radical (unpaired) electrons. The number of hydrogen-bond donors (Lipinski definition) is 2. The minimum Gasteiger partial charge on any atom is -0.338 e. The Morgan fingerprint density at radius 2 is 2.00 bits per heavy atom. The van der Waals surface area contributed by atoms with Crippen LogP contribution >= 0.6 is 22.6 Å². The van der Waals surface area contributed by atoms with Gasteiger partial charge in [0.05, 0.1) is 6.04 Å². The Labute approximate surface area is 119 Å². The standard InChI is InChI=1S/C13H14IN3O/c1-13(8-2-4-9(14)5-3-8)11(18)16-12(17-13)15-10-6-7-10/h2-5,10H,6-7H2,1H3,(H2,15,16,17,18). The van der Waals surface area contributed by atoms with Crippen molar-refractivity contribution < 1.29 is 4.79 Å². The molecule has 3 rings (SSSR count). The van der Waals surface area contributed by atoms with Crippen molar-refractivity contribution in [2.24, 2.45) is 4.99 Å². The first-order valence-electron chi connectivity index (χ1n) is 6.01. The lowest BCUT2D eigenvalue weighted by Gasteiger charge is -2.21.